The fraction of sp³-hybridized carbons (Fsp3) is 0.700. The number of rotatable bonds is 5. The number of carbonyl (C=O) groups is 2. The number of primary amides is 1. The maximum atomic E-state index is 11.5. The molecule has 1 atom stereocenters. The van der Waals surface area contributed by atoms with E-state index in [4.69, 9.17) is 10.5 Å². The minimum absolute atomic E-state index is 0.0326. The Morgan fingerprint density at radius 1 is 1.44 bits per heavy atom. The summed E-state index contributed by atoms with van der Waals surface area (Å²) in [5, 5.41) is 0. The Morgan fingerprint density at radius 3 is 2.38 bits per heavy atom. The van der Waals surface area contributed by atoms with E-state index in [1.807, 2.05) is 0 Å². The topological polar surface area (TPSA) is 98.8 Å². The maximum Gasteiger partial charge on any atom is 0.332 e. The van der Waals surface area contributed by atoms with Gasteiger partial charge in [0.25, 0.3) is 0 Å². The summed E-state index contributed by atoms with van der Waals surface area (Å²) in [5.41, 5.74) is 4.27. The summed E-state index contributed by atoms with van der Waals surface area (Å²) in [6.45, 7) is 5.09. The van der Waals surface area contributed by atoms with E-state index in [0.717, 1.165) is 0 Å². The monoisotopic (exact) mass is 228 g/mol. The molecule has 0 aliphatic carbocycles. The molecular formula is C10H16N2O4. The first-order valence-electron chi connectivity index (χ1n) is 4.84. The first kappa shape index (κ1) is 14.3. The SMILES string of the molecule is CC(C)(C)OC(=O)C(CCC(N)=O)N=C=O. The molecule has 0 radical (unpaired) electrons. The number of ether oxygens (including phenoxy) is 1. The van der Waals surface area contributed by atoms with Crippen LogP contribution in [0.5, 0.6) is 0 Å². The number of hydrogen-bond donors (Lipinski definition) is 1. The van der Waals surface area contributed by atoms with Gasteiger partial charge in [0.1, 0.15) is 5.60 Å². The highest BCUT2D eigenvalue weighted by Gasteiger charge is 2.25. The Bertz CT molecular complexity index is 313. The van der Waals surface area contributed by atoms with E-state index in [1.54, 1.807) is 20.8 Å². The van der Waals surface area contributed by atoms with Gasteiger partial charge in [0, 0.05) is 6.42 Å². The second kappa shape index (κ2) is 6.02. The standard InChI is InChI=1S/C10H16N2O4/c1-10(2,3)16-9(15)7(12-6-13)4-5-8(11)14/h7H,4-5H2,1-3H3,(H2,11,14). The molecule has 6 nitrogen and oxygen atoms in total. The van der Waals surface area contributed by atoms with Crippen molar-refractivity contribution in [1.82, 2.24) is 0 Å². The van der Waals surface area contributed by atoms with E-state index in [9.17, 15) is 14.4 Å². The summed E-state index contributed by atoms with van der Waals surface area (Å²) < 4.78 is 5.02. The Labute approximate surface area is 93.9 Å². The molecule has 16 heavy (non-hydrogen) atoms. The number of aliphatic imine (C=N–C) groups is 1. The number of esters is 1. The fourth-order valence-electron chi connectivity index (χ4n) is 0.947. The number of nitrogens with zero attached hydrogens (tertiary/aromatic N) is 1. The molecule has 0 fully saturated rings. The van der Waals surface area contributed by atoms with Crippen LogP contribution in [0.25, 0.3) is 0 Å². The molecule has 0 aromatic heterocycles. The molecule has 0 aromatic rings. The van der Waals surface area contributed by atoms with Crippen LogP contribution < -0.4 is 5.73 Å². The third-order valence-electron chi connectivity index (χ3n) is 1.55. The molecule has 0 rings (SSSR count). The largest absolute Gasteiger partial charge is 0.458 e. The minimum Gasteiger partial charge on any atom is -0.458 e. The van der Waals surface area contributed by atoms with E-state index >= 15 is 0 Å². The van der Waals surface area contributed by atoms with Crippen molar-refractivity contribution in [1.29, 1.82) is 0 Å². The molecule has 1 amide bonds. The van der Waals surface area contributed by atoms with Gasteiger partial charge >= 0.3 is 5.97 Å². The number of isocyanates is 1. The summed E-state index contributed by atoms with van der Waals surface area (Å²) in [4.78, 5) is 35.5. The lowest BCUT2D eigenvalue weighted by Gasteiger charge is -2.21. The van der Waals surface area contributed by atoms with E-state index in [0.29, 0.717) is 0 Å². The third kappa shape index (κ3) is 6.73. The van der Waals surface area contributed by atoms with Crippen molar-refractivity contribution in [3.05, 3.63) is 0 Å². The zero-order chi connectivity index (χ0) is 12.8. The minimum atomic E-state index is -1.01. The summed E-state index contributed by atoms with van der Waals surface area (Å²) in [7, 11) is 0. The number of amides is 1. The van der Waals surface area contributed by atoms with Gasteiger partial charge in [0.05, 0.1) is 0 Å². The zero-order valence-corrected chi connectivity index (χ0v) is 9.65. The molecule has 0 saturated heterocycles. The van der Waals surface area contributed by atoms with Crippen molar-refractivity contribution in [2.24, 2.45) is 10.7 Å². The van der Waals surface area contributed by atoms with Crippen molar-refractivity contribution < 1.29 is 19.1 Å². The highest BCUT2D eigenvalue weighted by Crippen LogP contribution is 2.12. The predicted octanol–water partition coefficient (Wildman–Crippen LogP) is 0.298. The first-order valence-corrected chi connectivity index (χ1v) is 4.84. The van der Waals surface area contributed by atoms with Crippen molar-refractivity contribution in [3.63, 3.8) is 0 Å². The molecular weight excluding hydrogens is 212 g/mol. The number of nitrogens with two attached hydrogens (primary N) is 1. The van der Waals surface area contributed by atoms with E-state index < -0.39 is 23.5 Å². The second-order valence-electron chi connectivity index (χ2n) is 4.27. The van der Waals surface area contributed by atoms with Gasteiger partial charge in [-0.15, -0.1) is 0 Å². The molecule has 6 heteroatoms. The van der Waals surface area contributed by atoms with Crippen LogP contribution in [0, 0.1) is 0 Å². The van der Waals surface area contributed by atoms with E-state index in [2.05, 4.69) is 4.99 Å². The van der Waals surface area contributed by atoms with Gasteiger partial charge in [-0.05, 0) is 27.2 Å². The number of carbonyl (C=O) groups excluding carboxylic acids is 3. The van der Waals surface area contributed by atoms with Gasteiger partial charge in [0.2, 0.25) is 12.0 Å². The molecule has 0 aliphatic heterocycles. The summed E-state index contributed by atoms with van der Waals surface area (Å²) in [5.74, 6) is -1.22. The van der Waals surface area contributed by atoms with Crippen LogP contribution in [0.4, 0.5) is 0 Å². The van der Waals surface area contributed by atoms with Crippen molar-refractivity contribution in [3.8, 4) is 0 Å². The summed E-state index contributed by atoms with van der Waals surface area (Å²) >= 11 is 0. The lowest BCUT2D eigenvalue weighted by molar-refractivity contribution is -0.156. The van der Waals surface area contributed by atoms with Gasteiger partial charge in [-0.2, -0.15) is 4.99 Å². The molecule has 90 valence electrons. The average molecular weight is 228 g/mol. The molecule has 2 N–H and O–H groups in total. The van der Waals surface area contributed by atoms with Crippen LogP contribution in [0.15, 0.2) is 4.99 Å². The highest BCUT2D eigenvalue weighted by atomic mass is 16.6. The molecule has 0 aromatic carbocycles. The Kier molecular flexibility index (Phi) is 5.39. The Morgan fingerprint density at radius 2 is 2.00 bits per heavy atom. The van der Waals surface area contributed by atoms with Crippen molar-refractivity contribution in [2.75, 3.05) is 0 Å². The molecule has 0 heterocycles. The summed E-state index contributed by atoms with van der Waals surface area (Å²) in [6, 6.07) is -1.01. The normalized spacial score (nSPS) is 12.4. The molecule has 0 aliphatic rings. The van der Waals surface area contributed by atoms with Crippen LogP contribution in [-0.2, 0) is 19.1 Å². The smallest absolute Gasteiger partial charge is 0.332 e. The first-order chi connectivity index (χ1) is 7.26. The molecule has 1 unspecified atom stereocenters. The molecule has 0 saturated carbocycles. The third-order valence-corrected chi connectivity index (χ3v) is 1.55. The van der Waals surface area contributed by atoms with Crippen LogP contribution in [0.2, 0.25) is 0 Å². The van der Waals surface area contributed by atoms with E-state index in [1.165, 1.54) is 6.08 Å². The van der Waals surface area contributed by atoms with Crippen molar-refractivity contribution >= 4 is 18.0 Å². The Balaban J connectivity index is 4.47. The molecule has 0 bridgehead atoms. The highest BCUT2D eigenvalue weighted by molar-refractivity contribution is 5.79. The van der Waals surface area contributed by atoms with Crippen LogP contribution in [0.1, 0.15) is 33.6 Å². The van der Waals surface area contributed by atoms with Crippen LogP contribution in [0.3, 0.4) is 0 Å². The number of hydrogen-bond acceptors (Lipinski definition) is 5. The van der Waals surface area contributed by atoms with Gasteiger partial charge in [-0.1, -0.05) is 0 Å². The van der Waals surface area contributed by atoms with Crippen LogP contribution >= 0.6 is 0 Å². The second-order valence-corrected chi connectivity index (χ2v) is 4.27. The lowest BCUT2D eigenvalue weighted by Crippen LogP contribution is -2.31. The van der Waals surface area contributed by atoms with Gasteiger partial charge < -0.3 is 10.5 Å². The summed E-state index contributed by atoms with van der Waals surface area (Å²) in [6.07, 6.45) is 1.30. The fourth-order valence-corrected chi connectivity index (χ4v) is 0.947. The zero-order valence-electron chi connectivity index (χ0n) is 9.65. The lowest BCUT2D eigenvalue weighted by atomic mass is 10.1. The van der Waals surface area contributed by atoms with Gasteiger partial charge in [-0.25, -0.2) is 9.59 Å². The Hall–Kier alpha value is -1.68. The maximum absolute atomic E-state index is 11.5. The molecule has 0 spiro atoms. The quantitative estimate of drug-likeness (QED) is 0.415. The van der Waals surface area contributed by atoms with Gasteiger partial charge in [0.15, 0.2) is 6.04 Å². The van der Waals surface area contributed by atoms with E-state index in [-0.39, 0.29) is 12.8 Å². The average Bonchev–Trinajstić information content (AvgIpc) is 2.08. The van der Waals surface area contributed by atoms with Crippen LogP contribution in [-0.4, -0.2) is 29.6 Å². The van der Waals surface area contributed by atoms with Gasteiger partial charge in [-0.3, -0.25) is 4.79 Å². The van der Waals surface area contributed by atoms with Crippen molar-refractivity contribution in [2.45, 2.75) is 45.3 Å². The predicted molar refractivity (Wildman–Crippen MR) is 56.2 cm³/mol.